The highest BCUT2D eigenvalue weighted by atomic mass is 19.1. The van der Waals surface area contributed by atoms with Crippen molar-refractivity contribution in [2.75, 3.05) is 23.4 Å². The minimum absolute atomic E-state index is 0.0197. The van der Waals surface area contributed by atoms with E-state index in [0.717, 1.165) is 12.6 Å². The molecule has 7 nitrogen and oxygen atoms in total. The molecule has 1 aliphatic heterocycles. The van der Waals surface area contributed by atoms with Crippen molar-refractivity contribution in [1.29, 1.82) is 0 Å². The highest BCUT2D eigenvalue weighted by Gasteiger charge is 2.26. The minimum Gasteiger partial charge on any atom is -0.486 e. The third-order valence-electron chi connectivity index (χ3n) is 5.59. The van der Waals surface area contributed by atoms with Gasteiger partial charge in [0, 0.05) is 24.2 Å². The number of hydrogen-bond donors (Lipinski definition) is 1. The number of carbonyl (C=O) groups excluding carboxylic acids is 1. The first kappa shape index (κ1) is 22.6. The first-order chi connectivity index (χ1) is 15.9. The summed E-state index contributed by atoms with van der Waals surface area (Å²) in [5.74, 6) is -0.849. The number of ether oxygens (including phenoxy) is 1. The van der Waals surface area contributed by atoms with E-state index in [1.54, 1.807) is 18.2 Å². The van der Waals surface area contributed by atoms with Crippen LogP contribution in [0.4, 0.5) is 20.2 Å². The monoisotopic (exact) mass is 453 g/mol. The highest BCUT2D eigenvalue weighted by molar-refractivity contribution is 5.88. The van der Waals surface area contributed by atoms with E-state index in [1.807, 2.05) is 0 Å². The van der Waals surface area contributed by atoms with Gasteiger partial charge >= 0.3 is 0 Å². The summed E-state index contributed by atoms with van der Waals surface area (Å²) in [6, 6.07) is 6.60. The predicted octanol–water partition coefficient (Wildman–Crippen LogP) is 4.36. The second-order valence-electron chi connectivity index (χ2n) is 7.98. The molecule has 1 aliphatic rings. The Kier molecular flexibility index (Phi) is 6.48. The van der Waals surface area contributed by atoms with Gasteiger partial charge in [-0.25, -0.2) is 18.7 Å². The number of benzene rings is 1. The Hall–Kier alpha value is -3.62. The summed E-state index contributed by atoms with van der Waals surface area (Å²) in [6.45, 7) is 6.57. The molecular weight excluding hydrogens is 428 g/mol. The average Bonchev–Trinajstić information content (AvgIpc) is 2.80. The van der Waals surface area contributed by atoms with Crippen LogP contribution in [0.15, 0.2) is 36.7 Å². The van der Waals surface area contributed by atoms with Gasteiger partial charge in [-0.2, -0.15) is 0 Å². The average molecular weight is 453 g/mol. The first-order valence-electron chi connectivity index (χ1n) is 10.8. The van der Waals surface area contributed by atoms with Crippen LogP contribution < -0.4 is 15.0 Å². The van der Waals surface area contributed by atoms with Crippen molar-refractivity contribution in [1.82, 2.24) is 15.0 Å². The minimum atomic E-state index is -0.640. The molecule has 0 radical (unpaired) electrons. The lowest BCUT2D eigenvalue weighted by Gasteiger charge is -2.36. The quantitative estimate of drug-likeness (QED) is 0.597. The number of anilines is 2. The van der Waals surface area contributed by atoms with Crippen LogP contribution in [0.2, 0.25) is 0 Å². The molecule has 0 spiro atoms. The van der Waals surface area contributed by atoms with Gasteiger partial charge in [0.15, 0.2) is 17.4 Å². The van der Waals surface area contributed by atoms with Crippen LogP contribution in [0, 0.1) is 11.6 Å². The van der Waals surface area contributed by atoms with Gasteiger partial charge in [-0.3, -0.25) is 9.78 Å². The number of nitrogens with one attached hydrogen (secondary N) is 1. The highest BCUT2D eigenvalue weighted by Crippen LogP contribution is 2.39. The summed E-state index contributed by atoms with van der Waals surface area (Å²) >= 11 is 0. The molecule has 0 saturated heterocycles. The van der Waals surface area contributed by atoms with Crippen molar-refractivity contribution in [2.24, 2.45) is 0 Å². The molecule has 3 aromatic rings. The number of halogens is 2. The Balaban J connectivity index is 1.65. The van der Waals surface area contributed by atoms with Gasteiger partial charge < -0.3 is 15.0 Å². The molecule has 4 rings (SSSR count). The molecule has 0 bridgehead atoms. The van der Waals surface area contributed by atoms with Crippen LogP contribution in [0.5, 0.6) is 5.75 Å². The third-order valence-corrected chi connectivity index (χ3v) is 5.59. The van der Waals surface area contributed by atoms with Crippen molar-refractivity contribution in [3.05, 3.63) is 59.8 Å². The maximum atomic E-state index is 14.9. The smallest absolute Gasteiger partial charge is 0.221 e. The van der Waals surface area contributed by atoms with E-state index in [0.29, 0.717) is 41.6 Å². The zero-order chi connectivity index (χ0) is 23.5. The predicted molar refractivity (Wildman–Crippen MR) is 121 cm³/mol. The van der Waals surface area contributed by atoms with E-state index in [-0.39, 0.29) is 29.8 Å². The van der Waals surface area contributed by atoms with Gasteiger partial charge in [-0.15, -0.1) is 0 Å². The Morgan fingerprint density at radius 3 is 2.73 bits per heavy atom. The van der Waals surface area contributed by atoms with Crippen LogP contribution >= 0.6 is 0 Å². The lowest BCUT2D eigenvalue weighted by atomic mass is 10.1. The van der Waals surface area contributed by atoms with Crippen molar-refractivity contribution in [3.63, 3.8) is 0 Å². The zero-order valence-corrected chi connectivity index (χ0v) is 18.7. The fourth-order valence-electron chi connectivity index (χ4n) is 3.78. The van der Waals surface area contributed by atoms with Crippen molar-refractivity contribution in [3.8, 4) is 17.0 Å². The normalized spacial score (nSPS) is 13.8. The Morgan fingerprint density at radius 2 is 2.03 bits per heavy atom. The number of fused-ring (bicyclic) bond motifs is 1. The molecule has 0 aliphatic carbocycles. The fraction of sp³-hybridized carbons (Fsp3) is 0.333. The molecule has 1 amide bonds. The van der Waals surface area contributed by atoms with Crippen LogP contribution in [0.25, 0.3) is 11.3 Å². The van der Waals surface area contributed by atoms with Crippen LogP contribution in [-0.2, 0) is 11.2 Å². The van der Waals surface area contributed by atoms with E-state index in [4.69, 9.17) is 4.74 Å². The topological polar surface area (TPSA) is 80.2 Å². The second-order valence-corrected chi connectivity index (χ2v) is 7.98. The number of carbonyl (C=O) groups is 1. The fourth-order valence-corrected chi connectivity index (χ4v) is 3.78. The van der Waals surface area contributed by atoms with E-state index in [2.05, 4.69) is 39.0 Å². The largest absolute Gasteiger partial charge is 0.486 e. The lowest BCUT2D eigenvalue weighted by molar-refractivity contribution is -0.114. The Labute approximate surface area is 190 Å². The molecule has 0 saturated carbocycles. The molecule has 3 heterocycles. The van der Waals surface area contributed by atoms with Crippen LogP contribution in [0.3, 0.4) is 0 Å². The maximum absolute atomic E-state index is 14.9. The Bertz CT molecular complexity index is 1170. The molecule has 1 aromatic carbocycles. The number of hydrogen-bond acceptors (Lipinski definition) is 6. The summed E-state index contributed by atoms with van der Waals surface area (Å²) in [5.41, 5.74) is 2.16. The Morgan fingerprint density at radius 1 is 1.21 bits per heavy atom. The summed E-state index contributed by atoms with van der Waals surface area (Å²) in [7, 11) is 0. The van der Waals surface area contributed by atoms with Crippen LogP contribution in [-0.4, -0.2) is 40.1 Å². The van der Waals surface area contributed by atoms with E-state index < -0.39 is 11.6 Å². The number of nitrogens with zero attached hydrogens (tertiary/aromatic N) is 4. The number of pyridine rings is 1. The molecule has 33 heavy (non-hydrogen) atoms. The van der Waals surface area contributed by atoms with E-state index >= 15 is 0 Å². The molecule has 1 unspecified atom stereocenters. The van der Waals surface area contributed by atoms with Crippen LogP contribution in [0.1, 0.15) is 38.7 Å². The zero-order valence-electron chi connectivity index (χ0n) is 18.7. The standard InChI is InChI=1S/C24H25F2N5O2/c1-4-14(2)31-7-8-33-24-19(25)9-16(10-21(24)31)23-20(26)13-28-22(30-23)11-17-5-6-18(12-27-17)29-15(3)32/h5-6,9-10,12-14H,4,7-8,11H2,1-3H3,(H,29,32). The molecule has 1 atom stereocenters. The van der Waals surface area contributed by atoms with Gasteiger partial charge in [0.1, 0.15) is 18.1 Å². The number of aromatic nitrogens is 3. The van der Waals surface area contributed by atoms with Crippen molar-refractivity contribution in [2.45, 2.75) is 39.7 Å². The van der Waals surface area contributed by atoms with Gasteiger partial charge in [0.25, 0.3) is 0 Å². The van der Waals surface area contributed by atoms with E-state index in [9.17, 15) is 13.6 Å². The summed E-state index contributed by atoms with van der Waals surface area (Å²) in [5, 5.41) is 2.65. The van der Waals surface area contributed by atoms with Gasteiger partial charge in [-0.05, 0) is 37.6 Å². The number of rotatable bonds is 6. The van der Waals surface area contributed by atoms with Crippen molar-refractivity contribution >= 4 is 17.3 Å². The maximum Gasteiger partial charge on any atom is 0.221 e. The molecular formula is C24H25F2N5O2. The third kappa shape index (κ3) is 4.92. The second kappa shape index (κ2) is 9.48. The molecule has 172 valence electrons. The molecule has 1 N–H and O–H groups in total. The SMILES string of the molecule is CCC(C)N1CCOc2c(F)cc(-c3nc(Cc4ccc(NC(C)=O)cn4)ncc3F)cc21. The number of amides is 1. The van der Waals surface area contributed by atoms with Crippen molar-refractivity contribution < 1.29 is 18.3 Å². The lowest BCUT2D eigenvalue weighted by Crippen LogP contribution is -2.39. The van der Waals surface area contributed by atoms with Gasteiger partial charge in [0.05, 0.1) is 36.7 Å². The van der Waals surface area contributed by atoms with E-state index in [1.165, 1.54) is 19.2 Å². The molecule has 0 fully saturated rings. The van der Waals surface area contributed by atoms with Gasteiger partial charge in [-0.1, -0.05) is 6.92 Å². The summed E-state index contributed by atoms with van der Waals surface area (Å²) in [4.78, 5) is 26.0. The summed E-state index contributed by atoms with van der Waals surface area (Å²) < 4.78 is 35.2. The van der Waals surface area contributed by atoms with Gasteiger partial charge in [0.2, 0.25) is 5.91 Å². The molecule has 2 aromatic heterocycles. The summed E-state index contributed by atoms with van der Waals surface area (Å²) in [6.07, 6.45) is 3.75. The first-order valence-corrected chi connectivity index (χ1v) is 10.8. The molecule has 9 heteroatoms.